The van der Waals surface area contributed by atoms with Crippen LogP contribution in [0.2, 0.25) is 0 Å². The molecule has 1 aromatic carbocycles. The van der Waals surface area contributed by atoms with Crippen molar-refractivity contribution in [3.05, 3.63) is 35.9 Å². The fourth-order valence-electron chi connectivity index (χ4n) is 3.34. The predicted octanol–water partition coefficient (Wildman–Crippen LogP) is 1.22. The number of hydrogen-bond donors (Lipinski definition) is 1. The number of nitrogens with one attached hydrogen (secondary N) is 1. The summed E-state index contributed by atoms with van der Waals surface area (Å²) in [5.41, 5.74) is 1.19. The summed E-state index contributed by atoms with van der Waals surface area (Å²) in [5.74, 6) is 1.73. The van der Waals surface area contributed by atoms with Gasteiger partial charge in [-0.05, 0) is 30.5 Å². The first-order chi connectivity index (χ1) is 9.72. The summed E-state index contributed by atoms with van der Waals surface area (Å²) in [6.45, 7) is 5.65. The van der Waals surface area contributed by atoms with Gasteiger partial charge in [0.1, 0.15) is 0 Å². The second-order valence-electron chi connectivity index (χ2n) is 6.11. The quantitative estimate of drug-likeness (QED) is 0.908. The number of halogens is 1. The van der Waals surface area contributed by atoms with E-state index in [0.29, 0.717) is 13.1 Å². The molecule has 0 spiro atoms. The lowest BCUT2D eigenvalue weighted by atomic mass is 10.0. The number of amides is 1. The van der Waals surface area contributed by atoms with Crippen molar-refractivity contribution < 1.29 is 4.79 Å². The van der Waals surface area contributed by atoms with E-state index < -0.39 is 0 Å². The third-order valence-corrected chi connectivity index (χ3v) is 4.51. The fraction of sp³-hybridized carbons (Fsp3) is 0.562. The minimum Gasteiger partial charge on any atom is -0.340 e. The van der Waals surface area contributed by atoms with E-state index in [1.807, 2.05) is 30.1 Å². The number of benzene rings is 1. The summed E-state index contributed by atoms with van der Waals surface area (Å²) in [6.07, 6.45) is 0. The van der Waals surface area contributed by atoms with Gasteiger partial charge in [0.15, 0.2) is 0 Å². The zero-order valence-corrected chi connectivity index (χ0v) is 13.3. The zero-order valence-electron chi connectivity index (χ0n) is 12.5. The van der Waals surface area contributed by atoms with Gasteiger partial charge in [-0.2, -0.15) is 0 Å². The van der Waals surface area contributed by atoms with E-state index in [2.05, 4.69) is 22.3 Å². The number of carbonyl (C=O) groups excluding carboxylic acids is 1. The van der Waals surface area contributed by atoms with Gasteiger partial charge in [0, 0.05) is 26.7 Å². The zero-order chi connectivity index (χ0) is 13.9. The Hall–Kier alpha value is -1.10. The van der Waals surface area contributed by atoms with E-state index in [1.54, 1.807) is 0 Å². The molecule has 0 aliphatic carbocycles. The largest absolute Gasteiger partial charge is 0.340 e. The maximum Gasteiger partial charge on any atom is 0.236 e. The third kappa shape index (κ3) is 3.96. The van der Waals surface area contributed by atoms with Crippen molar-refractivity contribution in [1.29, 1.82) is 0 Å². The monoisotopic (exact) mass is 309 g/mol. The number of fused-ring (bicyclic) bond motifs is 1. The molecule has 0 radical (unpaired) electrons. The molecule has 2 heterocycles. The van der Waals surface area contributed by atoms with E-state index in [0.717, 1.165) is 38.0 Å². The molecule has 0 bridgehead atoms. The number of rotatable bonds is 4. The highest BCUT2D eigenvalue weighted by Crippen LogP contribution is 2.25. The van der Waals surface area contributed by atoms with Crippen LogP contribution in [0.5, 0.6) is 0 Å². The van der Waals surface area contributed by atoms with Crippen LogP contribution in [0, 0.1) is 11.8 Å². The summed E-state index contributed by atoms with van der Waals surface area (Å²) in [6, 6.07) is 10.2. The van der Waals surface area contributed by atoms with Crippen LogP contribution in [0.15, 0.2) is 30.3 Å². The smallest absolute Gasteiger partial charge is 0.236 e. The Kier molecular flexibility index (Phi) is 5.62. The minimum atomic E-state index is 0. The summed E-state index contributed by atoms with van der Waals surface area (Å²) in [5, 5.41) is 3.43. The van der Waals surface area contributed by atoms with E-state index in [4.69, 9.17) is 0 Å². The maximum atomic E-state index is 12.3. The molecule has 116 valence electrons. The van der Waals surface area contributed by atoms with Crippen molar-refractivity contribution in [2.45, 2.75) is 6.54 Å². The van der Waals surface area contributed by atoms with E-state index in [9.17, 15) is 4.79 Å². The van der Waals surface area contributed by atoms with Gasteiger partial charge in [-0.15, -0.1) is 12.4 Å². The highest BCUT2D eigenvalue weighted by molar-refractivity contribution is 5.85. The number of nitrogens with zero attached hydrogens (tertiary/aromatic N) is 2. The molecule has 21 heavy (non-hydrogen) atoms. The van der Waals surface area contributed by atoms with Gasteiger partial charge in [0.2, 0.25) is 5.91 Å². The molecule has 2 atom stereocenters. The topological polar surface area (TPSA) is 35.6 Å². The van der Waals surface area contributed by atoms with Crippen LogP contribution in [0.1, 0.15) is 5.56 Å². The van der Waals surface area contributed by atoms with Gasteiger partial charge in [-0.1, -0.05) is 30.3 Å². The SMILES string of the molecule is CN(Cc1ccccc1)C(=O)CN1C[C@H]2CNC[C@H]2C1.Cl. The normalized spacial score (nSPS) is 24.4. The van der Waals surface area contributed by atoms with Crippen LogP contribution in [0.25, 0.3) is 0 Å². The molecule has 5 heteroatoms. The van der Waals surface area contributed by atoms with Crippen molar-refractivity contribution in [1.82, 2.24) is 15.1 Å². The maximum absolute atomic E-state index is 12.3. The first kappa shape index (κ1) is 16.3. The summed E-state index contributed by atoms with van der Waals surface area (Å²) < 4.78 is 0. The van der Waals surface area contributed by atoms with Gasteiger partial charge in [-0.25, -0.2) is 0 Å². The first-order valence-electron chi connectivity index (χ1n) is 7.43. The van der Waals surface area contributed by atoms with Crippen molar-refractivity contribution in [3.63, 3.8) is 0 Å². The molecular formula is C16H24ClN3O. The van der Waals surface area contributed by atoms with Crippen molar-refractivity contribution in [2.75, 3.05) is 39.8 Å². The van der Waals surface area contributed by atoms with Crippen LogP contribution in [-0.2, 0) is 11.3 Å². The fourth-order valence-corrected chi connectivity index (χ4v) is 3.34. The average molecular weight is 310 g/mol. The summed E-state index contributed by atoms with van der Waals surface area (Å²) in [7, 11) is 1.90. The van der Waals surface area contributed by atoms with Gasteiger partial charge < -0.3 is 10.2 Å². The lowest BCUT2D eigenvalue weighted by Gasteiger charge is -2.22. The van der Waals surface area contributed by atoms with Crippen LogP contribution in [-0.4, -0.2) is 55.5 Å². The van der Waals surface area contributed by atoms with Gasteiger partial charge in [0.25, 0.3) is 0 Å². The van der Waals surface area contributed by atoms with Crippen molar-refractivity contribution >= 4 is 18.3 Å². The van der Waals surface area contributed by atoms with Crippen LogP contribution < -0.4 is 5.32 Å². The first-order valence-corrected chi connectivity index (χ1v) is 7.43. The Morgan fingerprint density at radius 1 is 1.24 bits per heavy atom. The number of likely N-dealkylation sites (N-methyl/N-ethyl adjacent to an activating group) is 1. The van der Waals surface area contributed by atoms with Gasteiger partial charge in [0.05, 0.1) is 6.54 Å². The minimum absolute atomic E-state index is 0. The molecule has 3 rings (SSSR count). The number of hydrogen-bond acceptors (Lipinski definition) is 3. The number of likely N-dealkylation sites (tertiary alicyclic amines) is 1. The highest BCUT2D eigenvalue weighted by atomic mass is 35.5. The van der Waals surface area contributed by atoms with Gasteiger partial charge >= 0.3 is 0 Å². The molecule has 0 aromatic heterocycles. The highest BCUT2D eigenvalue weighted by Gasteiger charge is 2.36. The molecule has 2 aliphatic rings. The van der Waals surface area contributed by atoms with Crippen molar-refractivity contribution in [2.24, 2.45) is 11.8 Å². The molecule has 1 N–H and O–H groups in total. The predicted molar refractivity (Wildman–Crippen MR) is 86.5 cm³/mol. The standard InChI is InChI=1S/C16H23N3O.ClH/c1-18(9-13-5-3-2-4-6-13)16(20)12-19-10-14-7-17-8-15(14)11-19;/h2-6,14-15,17H,7-12H2,1H3;1H/t14-,15+;. The molecule has 1 amide bonds. The van der Waals surface area contributed by atoms with Crippen LogP contribution in [0.4, 0.5) is 0 Å². The van der Waals surface area contributed by atoms with Gasteiger partial charge in [-0.3, -0.25) is 9.69 Å². The summed E-state index contributed by atoms with van der Waals surface area (Å²) >= 11 is 0. The molecule has 0 unspecified atom stereocenters. The molecule has 2 fully saturated rings. The molecule has 0 saturated carbocycles. The Labute approximate surface area is 132 Å². The van der Waals surface area contributed by atoms with E-state index >= 15 is 0 Å². The molecule has 1 aromatic rings. The summed E-state index contributed by atoms with van der Waals surface area (Å²) in [4.78, 5) is 16.4. The molecule has 2 aliphatic heterocycles. The lowest BCUT2D eigenvalue weighted by Crippen LogP contribution is -2.38. The Bertz CT molecular complexity index is 456. The second-order valence-corrected chi connectivity index (χ2v) is 6.11. The Morgan fingerprint density at radius 2 is 1.86 bits per heavy atom. The lowest BCUT2D eigenvalue weighted by molar-refractivity contribution is -0.131. The second kappa shape index (κ2) is 7.25. The Morgan fingerprint density at radius 3 is 2.48 bits per heavy atom. The third-order valence-electron chi connectivity index (χ3n) is 4.51. The van der Waals surface area contributed by atoms with E-state index in [-0.39, 0.29) is 18.3 Å². The van der Waals surface area contributed by atoms with E-state index in [1.165, 1.54) is 5.56 Å². The van der Waals surface area contributed by atoms with Crippen LogP contribution in [0.3, 0.4) is 0 Å². The molecule has 2 saturated heterocycles. The Balaban J connectivity index is 0.00000161. The van der Waals surface area contributed by atoms with Crippen LogP contribution >= 0.6 is 12.4 Å². The number of carbonyl (C=O) groups is 1. The average Bonchev–Trinajstić information content (AvgIpc) is 3.00. The molecular weight excluding hydrogens is 286 g/mol. The molecule has 4 nitrogen and oxygen atoms in total. The van der Waals surface area contributed by atoms with Crippen molar-refractivity contribution in [3.8, 4) is 0 Å².